The van der Waals surface area contributed by atoms with Gasteiger partial charge in [-0.1, -0.05) is 35.3 Å². The van der Waals surface area contributed by atoms with Crippen LogP contribution in [-0.4, -0.2) is 51.0 Å². The fourth-order valence-corrected chi connectivity index (χ4v) is 4.46. The van der Waals surface area contributed by atoms with E-state index in [2.05, 4.69) is 5.32 Å². The first-order valence-corrected chi connectivity index (χ1v) is 12.0. The molecule has 1 unspecified atom stereocenters. The molecule has 1 N–H and O–H groups in total. The van der Waals surface area contributed by atoms with Crippen molar-refractivity contribution in [2.24, 2.45) is 0 Å². The molecule has 0 aliphatic carbocycles. The molecule has 2 aromatic rings. The van der Waals surface area contributed by atoms with Crippen molar-refractivity contribution in [2.45, 2.75) is 26.4 Å². The molecule has 0 saturated heterocycles. The molecule has 7 nitrogen and oxygen atoms in total. The van der Waals surface area contributed by atoms with Gasteiger partial charge in [-0.3, -0.25) is 13.9 Å². The first-order valence-electron chi connectivity index (χ1n) is 9.43. The van der Waals surface area contributed by atoms with E-state index in [4.69, 9.17) is 23.2 Å². The number of hydrogen-bond acceptors (Lipinski definition) is 4. The second-order valence-electron chi connectivity index (χ2n) is 7.14. The highest BCUT2D eigenvalue weighted by Crippen LogP contribution is 2.26. The molecule has 10 heteroatoms. The third-order valence-electron chi connectivity index (χ3n) is 4.76. The maximum atomic E-state index is 13.3. The van der Waals surface area contributed by atoms with Crippen LogP contribution < -0.4 is 9.62 Å². The van der Waals surface area contributed by atoms with Gasteiger partial charge in [0.1, 0.15) is 12.6 Å². The van der Waals surface area contributed by atoms with Crippen molar-refractivity contribution in [1.82, 2.24) is 10.2 Å². The summed E-state index contributed by atoms with van der Waals surface area (Å²) in [5.74, 6) is -0.903. The molecule has 0 spiro atoms. The number of benzene rings is 2. The average Bonchev–Trinajstić information content (AvgIpc) is 2.68. The molecule has 31 heavy (non-hydrogen) atoms. The van der Waals surface area contributed by atoms with E-state index in [1.165, 1.54) is 11.9 Å². The van der Waals surface area contributed by atoms with E-state index in [9.17, 15) is 18.0 Å². The number of aryl methyl sites for hydroxylation is 1. The van der Waals surface area contributed by atoms with Crippen molar-refractivity contribution < 1.29 is 18.0 Å². The summed E-state index contributed by atoms with van der Waals surface area (Å²) in [4.78, 5) is 26.9. The summed E-state index contributed by atoms with van der Waals surface area (Å²) in [7, 11) is -2.32. The molecule has 0 fully saturated rings. The van der Waals surface area contributed by atoms with Gasteiger partial charge in [0.2, 0.25) is 21.8 Å². The van der Waals surface area contributed by atoms with Gasteiger partial charge in [-0.25, -0.2) is 8.42 Å². The number of carbonyl (C=O) groups excluding carboxylic acids is 2. The van der Waals surface area contributed by atoms with Crippen molar-refractivity contribution in [3.8, 4) is 0 Å². The highest BCUT2D eigenvalue weighted by molar-refractivity contribution is 7.92. The SMILES string of the molecule is CNC(=O)C(C)N(Cc1cccc(Cl)c1)C(=O)CN(c1ccc(Cl)cc1C)S(C)(=O)=O. The van der Waals surface area contributed by atoms with Crippen LogP contribution in [0.2, 0.25) is 10.0 Å². The molecule has 0 aromatic heterocycles. The van der Waals surface area contributed by atoms with Gasteiger partial charge in [0.25, 0.3) is 0 Å². The lowest BCUT2D eigenvalue weighted by molar-refractivity contribution is -0.139. The van der Waals surface area contributed by atoms with Gasteiger partial charge in [-0.15, -0.1) is 0 Å². The number of amides is 2. The zero-order chi connectivity index (χ0) is 23.3. The van der Waals surface area contributed by atoms with Crippen LogP contribution in [0.3, 0.4) is 0 Å². The summed E-state index contributed by atoms with van der Waals surface area (Å²) in [5, 5.41) is 3.47. The molecule has 0 radical (unpaired) electrons. The third kappa shape index (κ3) is 6.59. The Kier molecular flexibility index (Phi) is 8.34. The smallest absolute Gasteiger partial charge is 0.244 e. The molecule has 2 amide bonds. The van der Waals surface area contributed by atoms with Crippen molar-refractivity contribution in [3.05, 3.63) is 63.6 Å². The number of hydrogen-bond donors (Lipinski definition) is 1. The summed E-state index contributed by atoms with van der Waals surface area (Å²) in [6, 6.07) is 10.8. The minimum Gasteiger partial charge on any atom is -0.357 e. The van der Waals surface area contributed by atoms with E-state index >= 15 is 0 Å². The van der Waals surface area contributed by atoms with Crippen LogP contribution in [0.4, 0.5) is 5.69 Å². The summed E-state index contributed by atoms with van der Waals surface area (Å²) in [5.41, 5.74) is 1.66. The van der Waals surface area contributed by atoms with Crippen molar-refractivity contribution >= 4 is 50.7 Å². The minimum atomic E-state index is -3.79. The Bertz CT molecular complexity index is 1080. The normalized spacial score (nSPS) is 12.2. The zero-order valence-corrected chi connectivity index (χ0v) is 20.1. The van der Waals surface area contributed by atoms with Crippen molar-refractivity contribution in [2.75, 3.05) is 24.2 Å². The largest absolute Gasteiger partial charge is 0.357 e. The molecule has 0 saturated carbocycles. The Balaban J connectivity index is 2.42. The number of nitrogens with one attached hydrogen (secondary N) is 1. The van der Waals surface area contributed by atoms with E-state index in [1.807, 2.05) is 0 Å². The van der Waals surface area contributed by atoms with Gasteiger partial charge in [0.05, 0.1) is 11.9 Å². The zero-order valence-electron chi connectivity index (χ0n) is 17.7. The van der Waals surface area contributed by atoms with E-state index in [-0.39, 0.29) is 12.5 Å². The maximum Gasteiger partial charge on any atom is 0.244 e. The number of anilines is 1. The molecule has 2 aromatic carbocycles. The molecule has 168 valence electrons. The van der Waals surface area contributed by atoms with Crippen LogP contribution >= 0.6 is 23.2 Å². The van der Waals surface area contributed by atoms with E-state index in [0.717, 1.165) is 10.6 Å². The standard InChI is InChI=1S/C21H25Cl2N3O4S/c1-14-10-18(23)8-9-19(14)26(31(4,29)30)13-20(27)25(15(2)21(28)24-3)12-16-6-5-7-17(22)11-16/h5-11,15H,12-13H2,1-4H3,(H,24,28). The fraction of sp³-hybridized carbons (Fsp3) is 0.333. The highest BCUT2D eigenvalue weighted by atomic mass is 35.5. The van der Waals surface area contributed by atoms with Gasteiger partial charge in [-0.05, 0) is 55.3 Å². The molecule has 0 heterocycles. The lowest BCUT2D eigenvalue weighted by Gasteiger charge is -2.31. The molecule has 2 rings (SSSR count). The number of rotatable bonds is 8. The van der Waals surface area contributed by atoms with Crippen LogP contribution in [0.5, 0.6) is 0 Å². The molecular weight excluding hydrogens is 461 g/mol. The Morgan fingerprint density at radius 3 is 2.29 bits per heavy atom. The Morgan fingerprint density at radius 1 is 1.10 bits per heavy atom. The van der Waals surface area contributed by atoms with Crippen LogP contribution in [-0.2, 0) is 26.2 Å². The first kappa shape index (κ1) is 25.0. The second-order valence-corrected chi connectivity index (χ2v) is 9.92. The molecule has 1 atom stereocenters. The van der Waals surface area contributed by atoms with Crippen molar-refractivity contribution in [3.63, 3.8) is 0 Å². The van der Waals surface area contributed by atoms with E-state index in [1.54, 1.807) is 56.3 Å². The van der Waals surface area contributed by atoms with Crippen molar-refractivity contribution in [1.29, 1.82) is 0 Å². The van der Waals surface area contributed by atoms with Gasteiger partial charge in [-0.2, -0.15) is 0 Å². The molecule has 0 aliphatic heterocycles. The monoisotopic (exact) mass is 485 g/mol. The number of likely N-dealkylation sites (N-methyl/N-ethyl adjacent to an activating group) is 1. The number of carbonyl (C=O) groups is 2. The lowest BCUT2D eigenvalue weighted by atomic mass is 10.1. The van der Waals surface area contributed by atoms with Crippen LogP contribution in [0.25, 0.3) is 0 Å². The molecule has 0 aliphatic rings. The summed E-state index contributed by atoms with van der Waals surface area (Å²) in [6.45, 7) is 2.91. The van der Waals surface area contributed by atoms with Gasteiger partial charge >= 0.3 is 0 Å². The second kappa shape index (κ2) is 10.3. The lowest BCUT2D eigenvalue weighted by Crippen LogP contribution is -2.50. The Hall–Kier alpha value is -2.29. The van der Waals surface area contributed by atoms with Gasteiger partial charge in [0.15, 0.2) is 0 Å². The third-order valence-corrected chi connectivity index (χ3v) is 6.36. The maximum absolute atomic E-state index is 13.3. The van der Waals surface area contributed by atoms with E-state index < -0.39 is 28.5 Å². The fourth-order valence-electron chi connectivity index (χ4n) is 3.12. The van der Waals surface area contributed by atoms with Crippen LogP contribution in [0.15, 0.2) is 42.5 Å². The first-order chi connectivity index (χ1) is 14.4. The van der Waals surface area contributed by atoms with Crippen LogP contribution in [0.1, 0.15) is 18.1 Å². The van der Waals surface area contributed by atoms with Gasteiger partial charge < -0.3 is 10.2 Å². The Labute approximate surface area is 193 Å². The summed E-state index contributed by atoms with van der Waals surface area (Å²) >= 11 is 12.0. The number of halogens is 2. The number of sulfonamides is 1. The average molecular weight is 486 g/mol. The quantitative estimate of drug-likeness (QED) is 0.621. The molecule has 0 bridgehead atoms. The number of nitrogens with zero attached hydrogens (tertiary/aromatic N) is 2. The van der Waals surface area contributed by atoms with Gasteiger partial charge in [0, 0.05) is 23.6 Å². The predicted molar refractivity (Wildman–Crippen MR) is 124 cm³/mol. The molecular formula is C21H25Cl2N3O4S. The summed E-state index contributed by atoms with van der Waals surface area (Å²) < 4.78 is 26.0. The minimum absolute atomic E-state index is 0.0885. The highest BCUT2D eigenvalue weighted by Gasteiger charge is 2.30. The van der Waals surface area contributed by atoms with E-state index in [0.29, 0.717) is 26.9 Å². The predicted octanol–water partition coefficient (Wildman–Crippen LogP) is 3.23. The summed E-state index contributed by atoms with van der Waals surface area (Å²) in [6.07, 6.45) is 1.03. The Morgan fingerprint density at radius 2 is 1.74 bits per heavy atom. The van der Waals surface area contributed by atoms with Crippen LogP contribution in [0, 0.1) is 6.92 Å². The topological polar surface area (TPSA) is 86.8 Å².